The molecule has 0 aliphatic heterocycles. The van der Waals surface area contributed by atoms with Gasteiger partial charge in [0.1, 0.15) is 10.8 Å². The van der Waals surface area contributed by atoms with Crippen molar-refractivity contribution in [2.75, 3.05) is 0 Å². The van der Waals surface area contributed by atoms with Crippen LogP contribution in [-0.2, 0) is 0 Å². The molecule has 1 N–H and O–H groups in total. The standard InChI is InChI=1S/C14H10FNO3S/c1-8(17)9-4-5-12(11(15)7-9)20-13-10(14(18)19)3-2-6-16-13/h2-7H,1H3,(H,18,19). The second-order valence-electron chi connectivity index (χ2n) is 3.96. The van der Waals surface area contributed by atoms with Crippen LogP contribution in [0.15, 0.2) is 46.5 Å². The average Bonchev–Trinajstić information content (AvgIpc) is 2.41. The Bertz CT molecular complexity index is 688. The van der Waals surface area contributed by atoms with Crippen molar-refractivity contribution in [1.82, 2.24) is 4.98 Å². The number of Topliss-reactive ketones (excluding diaryl/α,β-unsaturated/α-hetero) is 1. The number of carboxylic acids is 1. The molecule has 20 heavy (non-hydrogen) atoms. The van der Waals surface area contributed by atoms with E-state index in [1.165, 1.54) is 37.4 Å². The van der Waals surface area contributed by atoms with Gasteiger partial charge in [0.15, 0.2) is 5.78 Å². The predicted octanol–water partition coefficient (Wildman–Crippen LogP) is 3.27. The van der Waals surface area contributed by atoms with Crippen molar-refractivity contribution < 1.29 is 19.1 Å². The van der Waals surface area contributed by atoms with Crippen molar-refractivity contribution in [3.8, 4) is 0 Å². The van der Waals surface area contributed by atoms with Gasteiger partial charge in [0.25, 0.3) is 0 Å². The molecular weight excluding hydrogens is 281 g/mol. The lowest BCUT2D eigenvalue weighted by molar-refractivity contribution is 0.0692. The average molecular weight is 291 g/mol. The van der Waals surface area contributed by atoms with Gasteiger partial charge < -0.3 is 5.11 Å². The van der Waals surface area contributed by atoms with Gasteiger partial charge in [0.2, 0.25) is 0 Å². The molecule has 0 amide bonds. The van der Waals surface area contributed by atoms with Crippen LogP contribution in [0.3, 0.4) is 0 Å². The first-order valence-corrected chi connectivity index (χ1v) is 6.47. The highest BCUT2D eigenvalue weighted by atomic mass is 32.2. The fourth-order valence-corrected chi connectivity index (χ4v) is 2.42. The Morgan fingerprint density at radius 3 is 2.65 bits per heavy atom. The van der Waals surface area contributed by atoms with E-state index in [9.17, 15) is 14.0 Å². The molecular formula is C14H10FNO3S. The summed E-state index contributed by atoms with van der Waals surface area (Å²) in [5.41, 5.74) is 0.277. The predicted molar refractivity (Wildman–Crippen MR) is 71.7 cm³/mol. The van der Waals surface area contributed by atoms with Crippen LogP contribution < -0.4 is 0 Å². The van der Waals surface area contributed by atoms with Crippen LogP contribution in [0.2, 0.25) is 0 Å². The number of pyridine rings is 1. The minimum Gasteiger partial charge on any atom is -0.478 e. The molecule has 0 fully saturated rings. The van der Waals surface area contributed by atoms with Crippen molar-refractivity contribution >= 4 is 23.5 Å². The number of carbonyl (C=O) groups is 2. The number of halogens is 1. The highest BCUT2D eigenvalue weighted by Crippen LogP contribution is 2.31. The van der Waals surface area contributed by atoms with Crippen molar-refractivity contribution in [3.05, 3.63) is 53.5 Å². The Labute approximate surface area is 118 Å². The van der Waals surface area contributed by atoms with E-state index in [-0.39, 0.29) is 26.8 Å². The van der Waals surface area contributed by atoms with Crippen LogP contribution in [0.25, 0.3) is 0 Å². The molecule has 0 bridgehead atoms. The molecule has 0 unspecified atom stereocenters. The molecule has 0 spiro atoms. The summed E-state index contributed by atoms with van der Waals surface area (Å²) in [5.74, 6) is -1.93. The third-order valence-electron chi connectivity index (χ3n) is 2.55. The molecule has 2 aromatic rings. The highest BCUT2D eigenvalue weighted by molar-refractivity contribution is 7.99. The van der Waals surface area contributed by atoms with Crippen LogP contribution >= 0.6 is 11.8 Å². The van der Waals surface area contributed by atoms with E-state index in [1.54, 1.807) is 0 Å². The number of hydrogen-bond acceptors (Lipinski definition) is 4. The minimum atomic E-state index is -1.12. The van der Waals surface area contributed by atoms with Crippen molar-refractivity contribution in [2.24, 2.45) is 0 Å². The molecule has 0 atom stereocenters. The van der Waals surface area contributed by atoms with Gasteiger partial charge in [-0.2, -0.15) is 0 Å². The van der Waals surface area contributed by atoms with Crippen molar-refractivity contribution in [3.63, 3.8) is 0 Å². The first-order valence-electron chi connectivity index (χ1n) is 5.65. The molecule has 6 heteroatoms. The number of hydrogen-bond donors (Lipinski definition) is 1. The zero-order valence-electron chi connectivity index (χ0n) is 10.5. The molecule has 4 nitrogen and oxygen atoms in total. The molecule has 1 aromatic heterocycles. The molecule has 0 saturated heterocycles. The van der Waals surface area contributed by atoms with Crippen LogP contribution in [0.5, 0.6) is 0 Å². The summed E-state index contributed by atoms with van der Waals surface area (Å²) >= 11 is 0.911. The highest BCUT2D eigenvalue weighted by Gasteiger charge is 2.14. The lowest BCUT2D eigenvalue weighted by Crippen LogP contribution is -2.00. The quantitative estimate of drug-likeness (QED) is 0.876. The maximum Gasteiger partial charge on any atom is 0.338 e. The summed E-state index contributed by atoms with van der Waals surface area (Å²) in [5, 5.41) is 9.24. The summed E-state index contributed by atoms with van der Waals surface area (Å²) in [4.78, 5) is 26.4. The Balaban J connectivity index is 2.36. The maximum atomic E-state index is 13.9. The van der Waals surface area contributed by atoms with Gasteiger partial charge in [-0.15, -0.1) is 0 Å². The monoisotopic (exact) mass is 291 g/mol. The summed E-state index contributed by atoms with van der Waals surface area (Å²) in [7, 11) is 0. The fraction of sp³-hybridized carbons (Fsp3) is 0.0714. The number of carboxylic acid groups (broad SMARTS) is 1. The van der Waals surface area contributed by atoms with E-state index in [4.69, 9.17) is 5.11 Å². The van der Waals surface area contributed by atoms with Gasteiger partial charge in [-0.25, -0.2) is 14.2 Å². The molecule has 0 aliphatic carbocycles. The van der Waals surface area contributed by atoms with E-state index in [2.05, 4.69) is 4.98 Å². The number of benzene rings is 1. The number of ketones is 1. The molecule has 1 heterocycles. The van der Waals surface area contributed by atoms with Crippen LogP contribution in [0.1, 0.15) is 27.6 Å². The smallest absolute Gasteiger partial charge is 0.338 e. The van der Waals surface area contributed by atoms with Gasteiger partial charge >= 0.3 is 5.97 Å². The van der Waals surface area contributed by atoms with E-state index in [1.807, 2.05) is 0 Å². The summed E-state index contributed by atoms with van der Waals surface area (Å²) in [6, 6.07) is 6.98. The number of aromatic carboxylic acids is 1. The van der Waals surface area contributed by atoms with Crippen molar-refractivity contribution in [2.45, 2.75) is 16.8 Å². The Hall–Kier alpha value is -2.21. The first-order chi connectivity index (χ1) is 9.49. The zero-order chi connectivity index (χ0) is 14.7. The molecule has 1 aromatic carbocycles. The summed E-state index contributed by atoms with van der Waals surface area (Å²) < 4.78 is 13.9. The minimum absolute atomic E-state index is 0.00699. The van der Waals surface area contributed by atoms with Gasteiger partial charge in [-0.05, 0) is 31.2 Å². The zero-order valence-corrected chi connectivity index (χ0v) is 11.3. The first kappa shape index (κ1) is 14.2. The van der Waals surface area contributed by atoms with Gasteiger partial charge in [0, 0.05) is 16.7 Å². The number of carbonyl (C=O) groups excluding carboxylic acids is 1. The van der Waals surface area contributed by atoms with Crippen LogP contribution in [0, 0.1) is 5.82 Å². The lowest BCUT2D eigenvalue weighted by atomic mass is 10.1. The lowest BCUT2D eigenvalue weighted by Gasteiger charge is -2.06. The molecule has 0 aliphatic rings. The van der Waals surface area contributed by atoms with Crippen LogP contribution in [-0.4, -0.2) is 21.8 Å². The molecule has 0 radical (unpaired) electrons. The SMILES string of the molecule is CC(=O)c1ccc(Sc2ncccc2C(=O)O)c(F)c1. The number of aromatic nitrogens is 1. The Morgan fingerprint density at radius 1 is 1.30 bits per heavy atom. The fourth-order valence-electron chi connectivity index (χ4n) is 1.54. The van der Waals surface area contributed by atoms with E-state index in [0.717, 1.165) is 17.8 Å². The topological polar surface area (TPSA) is 67.3 Å². The third kappa shape index (κ3) is 3.03. The normalized spacial score (nSPS) is 10.3. The second-order valence-corrected chi connectivity index (χ2v) is 5.00. The van der Waals surface area contributed by atoms with Gasteiger partial charge in [-0.1, -0.05) is 17.8 Å². The second kappa shape index (κ2) is 5.83. The van der Waals surface area contributed by atoms with Crippen molar-refractivity contribution in [1.29, 1.82) is 0 Å². The molecule has 2 rings (SSSR count). The summed E-state index contributed by atoms with van der Waals surface area (Å²) in [6.07, 6.45) is 1.44. The maximum absolute atomic E-state index is 13.9. The van der Waals surface area contributed by atoms with E-state index >= 15 is 0 Å². The molecule has 0 saturated carbocycles. The van der Waals surface area contributed by atoms with Gasteiger partial charge in [-0.3, -0.25) is 4.79 Å². The van der Waals surface area contributed by atoms with Crippen LogP contribution in [0.4, 0.5) is 4.39 Å². The number of rotatable bonds is 4. The third-order valence-corrected chi connectivity index (χ3v) is 3.62. The van der Waals surface area contributed by atoms with E-state index < -0.39 is 11.8 Å². The molecule has 102 valence electrons. The Kier molecular flexibility index (Phi) is 4.14. The van der Waals surface area contributed by atoms with E-state index in [0.29, 0.717) is 0 Å². The number of nitrogens with zero attached hydrogens (tertiary/aromatic N) is 1. The summed E-state index contributed by atoms with van der Waals surface area (Å²) in [6.45, 7) is 1.35. The van der Waals surface area contributed by atoms with Gasteiger partial charge in [0.05, 0.1) is 5.56 Å². The largest absolute Gasteiger partial charge is 0.478 e. The Morgan fingerprint density at radius 2 is 2.05 bits per heavy atom.